The molecule has 0 aliphatic carbocycles. The largest absolute Gasteiger partial charge is 0.482 e. The van der Waals surface area contributed by atoms with Crippen LogP contribution in [0.1, 0.15) is 11.1 Å². The van der Waals surface area contributed by atoms with E-state index < -0.39 is 5.97 Å². The van der Waals surface area contributed by atoms with Gasteiger partial charge >= 0.3 is 5.97 Å². The average Bonchev–Trinajstić information content (AvgIpc) is 2.51. The Balaban J connectivity index is 1.90. The van der Waals surface area contributed by atoms with Crippen molar-refractivity contribution in [2.45, 2.75) is 6.92 Å². The average molecular weight is 319 g/mol. The van der Waals surface area contributed by atoms with Crippen LogP contribution in [0.2, 0.25) is 5.02 Å². The number of hydrogen-bond donors (Lipinski definition) is 1. The third kappa shape index (κ3) is 4.49. The number of aryl methyl sites for hydroxylation is 1. The molecule has 2 rings (SSSR count). The van der Waals surface area contributed by atoms with E-state index in [9.17, 15) is 4.79 Å². The number of nitrogens with zero attached hydrogens (tertiary/aromatic N) is 1. The highest BCUT2D eigenvalue weighted by atomic mass is 35.5. The fourth-order valence-corrected chi connectivity index (χ4v) is 1.92. The minimum atomic E-state index is -0.656. The number of carbonyl (C=O) groups excluding carboxylic acids is 1. The van der Waals surface area contributed by atoms with Crippen LogP contribution in [0, 0.1) is 6.92 Å². The summed E-state index contributed by atoms with van der Waals surface area (Å²) in [5.74, 6) is -0.0500. The van der Waals surface area contributed by atoms with Crippen molar-refractivity contribution in [3.63, 3.8) is 0 Å². The SMILES string of the molecule is Cc1cccc(OCC(=O)O/N=C(\N)c2ccccc2Cl)c1. The number of nitrogens with two attached hydrogens (primary N) is 1. The normalized spacial score (nSPS) is 11.1. The van der Waals surface area contributed by atoms with Crippen molar-refractivity contribution in [3.8, 4) is 5.75 Å². The zero-order valence-corrected chi connectivity index (χ0v) is 12.7. The third-order valence-electron chi connectivity index (χ3n) is 2.74. The zero-order valence-electron chi connectivity index (χ0n) is 12.0. The van der Waals surface area contributed by atoms with E-state index in [1.165, 1.54) is 0 Å². The van der Waals surface area contributed by atoms with E-state index in [1.54, 1.807) is 30.3 Å². The van der Waals surface area contributed by atoms with E-state index in [1.807, 2.05) is 25.1 Å². The first-order chi connectivity index (χ1) is 10.6. The molecule has 2 N–H and O–H groups in total. The quantitative estimate of drug-likeness (QED) is 0.398. The lowest BCUT2D eigenvalue weighted by molar-refractivity contribution is -0.146. The predicted octanol–water partition coefficient (Wildman–Crippen LogP) is 2.89. The molecule has 22 heavy (non-hydrogen) atoms. The van der Waals surface area contributed by atoms with Crippen molar-refractivity contribution < 1.29 is 14.4 Å². The summed E-state index contributed by atoms with van der Waals surface area (Å²) >= 11 is 5.96. The molecule has 0 aliphatic rings. The maximum absolute atomic E-state index is 11.6. The highest BCUT2D eigenvalue weighted by Gasteiger charge is 2.08. The molecule has 0 saturated heterocycles. The van der Waals surface area contributed by atoms with Gasteiger partial charge in [-0.05, 0) is 36.8 Å². The summed E-state index contributed by atoms with van der Waals surface area (Å²) in [6.07, 6.45) is 0. The second kappa shape index (κ2) is 7.47. The van der Waals surface area contributed by atoms with Gasteiger partial charge in [-0.15, -0.1) is 0 Å². The monoisotopic (exact) mass is 318 g/mol. The van der Waals surface area contributed by atoms with Gasteiger partial charge in [0, 0.05) is 5.56 Å². The number of amidine groups is 1. The van der Waals surface area contributed by atoms with Crippen molar-refractivity contribution in [2.24, 2.45) is 10.9 Å². The summed E-state index contributed by atoms with van der Waals surface area (Å²) in [5.41, 5.74) is 7.25. The predicted molar refractivity (Wildman–Crippen MR) is 84.9 cm³/mol. The van der Waals surface area contributed by atoms with E-state index in [4.69, 9.17) is 26.9 Å². The molecule has 0 spiro atoms. The van der Waals surface area contributed by atoms with E-state index in [0.29, 0.717) is 16.3 Å². The lowest BCUT2D eigenvalue weighted by Gasteiger charge is -2.05. The van der Waals surface area contributed by atoms with Gasteiger partial charge < -0.3 is 15.3 Å². The maximum Gasteiger partial charge on any atom is 0.372 e. The Labute approximate surface area is 133 Å². The second-order valence-electron chi connectivity index (χ2n) is 4.52. The van der Waals surface area contributed by atoms with Crippen molar-refractivity contribution >= 4 is 23.4 Å². The van der Waals surface area contributed by atoms with Gasteiger partial charge in [-0.2, -0.15) is 0 Å². The Hall–Kier alpha value is -2.53. The second-order valence-corrected chi connectivity index (χ2v) is 4.93. The van der Waals surface area contributed by atoms with Gasteiger partial charge in [-0.1, -0.05) is 41.0 Å². The highest BCUT2D eigenvalue weighted by molar-refractivity contribution is 6.34. The molecule has 0 amide bonds. The summed E-state index contributed by atoms with van der Waals surface area (Å²) in [6.45, 7) is 1.67. The minimum Gasteiger partial charge on any atom is -0.482 e. The number of carbonyl (C=O) groups is 1. The topological polar surface area (TPSA) is 73.9 Å². The first-order valence-electron chi connectivity index (χ1n) is 6.54. The van der Waals surface area contributed by atoms with Crippen molar-refractivity contribution in [1.29, 1.82) is 0 Å². The molecule has 0 aromatic heterocycles. The number of benzene rings is 2. The molecule has 0 unspecified atom stereocenters. The smallest absolute Gasteiger partial charge is 0.372 e. The molecule has 2 aromatic rings. The van der Waals surface area contributed by atoms with Crippen LogP contribution < -0.4 is 10.5 Å². The Kier molecular flexibility index (Phi) is 5.38. The molecular weight excluding hydrogens is 304 g/mol. The van der Waals surface area contributed by atoms with E-state index in [-0.39, 0.29) is 12.4 Å². The fourth-order valence-electron chi connectivity index (χ4n) is 1.69. The van der Waals surface area contributed by atoms with Crippen molar-refractivity contribution in [3.05, 3.63) is 64.7 Å². The van der Waals surface area contributed by atoms with Gasteiger partial charge in [0.1, 0.15) is 5.75 Å². The van der Waals surface area contributed by atoms with Crippen LogP contribution in [0.3, 0.4) is 0 Å². The Morgan fingerprint density at radius 3 is 2.73 bits per heavy atom. The lowest BCUT2D eigenvalue weighted by atomic mass is 10.2. The number of ether oxygens (including phenoxy) is 1. The summed E-state index contributed by atoms with van der Waals surface area (Å²) in [7, 11) is 0. The summed E-state index contributed by atoms with van der Waals surface area (Å²) in [6, 6.07) is 14.2. The molecule has 0 fully saturated rings. The van der Waals surface area contributed by atoms with Crippen LogP contribution in [0.15, 0.2) is 53.7 Å². The first kappa shape index (κ1) is 15.9. The molecule has 0 aliphatic heterocycles. The van der Waals surface area contributed by atoms with Crippen LogP contribution in [0.4, 0.5) is 0 Å². The van der Waals surface area contributed by atoms with Crippen LogP contribution in [0.25, 0.3) is 0 Å². The Morgan fingerprint density at radius 1 is 1.23 bits per heavy atom. The van der Waals surface area contributed by atoms with Crippen LogP contribution >= 0.6 is 11.6 Å². The van der Waals surface area contributed by atoms with Crippen molar-refractivity contribution in [2.75, 3.05) is 6.61 Å². The molecule has 5 nitrogen and oxygen atoms in total. The van der Waals surface area contributed by atoms with E-state index in [2.05, 4.69) is 5.16 Å². The van der Waals surface area contributed by atoms with Crippen LogP contribution in [0.5, 0.6) is 5.75 Å². The van der Waals surface area contributed by atoms with E-state index in [0.717, 1.165) is 5.56 Å². The first-order valence-corrected chi connectivity index (χ1v) is 6.92. The van der Waals surface area contributed by atoms with Gasteiger partial charge in [-0.25, -0.2) is 4.79 Å². The molecule has 0 heterocycles. The van der Waals surface area contributed by atoms with Crippen LogP contribution in [-0.2, 0) is 9.63 Å². The molecule has 114 valence electrons. The molecule has 0 radical (unpaired) electrons. The molecule has 6 heteroatoms. The van der Waals surface area contributed by atoms with Gasteiger partial charge in [0.25, 0.3) is 0 Å². The standard InChI is InChI=1S/C16H15ClN2O3/c1-11-5-4-6-12(9-11)21-10-15(20)22-19-16(18)13-7-2-3-8-14(13)17/h2-9H,10H2,1H3,(H2,18,19). The van der Waals surface area contributed by atoms with Gasteiger partial charge in [0.2, 0.25) is 0 Å². The molecule has 0 atom stereocenters. The summed E-state index contributed by atoms with van der Waals surface area (Å²) in [4.78, 5) is 16.3. The number of oxime groups is 1. The van der Waals surface area contributed by atoms with E-state index >= 15 is 0 Å². The summed E-state index contributed by atoms with van der Waals surface area (Å²) in [5, 5.41) is 3.99. The van der Waals surface area contributed by atoms with Crippen LogP contribution in [-0.4, -0.2) is 18.4 Å². The van der Waals surface area contributed by atoms with Crippen molar-refractivity contribution in [1.82, 2.24) is 0 Å². The molecular formula is C16H15ClN2O3. The lowest BCUT2D eigenvalue weighted by Crippen LogP contribution is -2.18. The number of hydrogen-bond acceptors (Lipinski definition) is 4. The van der Waals surface area contributed by atoms with Gasteiger partial charge in [0.15, 0.2) is 12.4 Å². The zero-order chi connectivity index (χ0) is 15.9. The minimum absolute atomic E-state index is 0.0227. The number of rotatable bonds is 5. The Bertz CT molecular complexity index is 701. The van der Waals surface area contributed by atoms with Gasteiger partial charge in [0.05, 0.1) is 5.02 Å². The molecule has 0 bridgehead atoms. The molecule has 0 saturated carbocycles. The third-order valence-corrected chi connectivity index (χ3v) is 3.07. The molecule has 2 aromatic carbocycles. The summed E-state index contributed by atoms with van der Waals surface area (Å²) < 4.78 is 5.30. The maximum atomic E-state index is 11.6. The fraction of sp³-hybridized carbons (Fsp3) is 0.125. The van der Waals surface area contributed by atoms with Gasteiger partial charge in [-0.3, -0.25) is 0 Å². The Morgan fingerprint density at radius 2 is 2.00 bits per heavy atom. The number of halogens is 1. The highest BCUT2D eigenvalue weighted by Crippen LogP contribution is 2.14.